The minimum atomic E-state index is -0.209. The Morgan fingerprint density at radius 2 is 1.84 bits per heavy atom. The van der Waals surface area contributed by atoms with Gasteiger partial charge in [0.1, 0.15) is 11.7 Å². The number of nitrogens with zero attached hydrogens (tertiary/aromatic N) is 3. The molecule has 2 heterocycles. The molecule has 25 heavy (non-hydrogen) atoms. The maximum absolute atomic E-state index is 13.2. The van der Waals surface area contributed by atoms with Crippen molar-refractivity contribution in [3.8, 4) is 23.3 Å². The van der Waals surface area contributed by atoms with Gasteiger partial charge in [-0.2, -0.15) is 10.5 Å². The number of para-hydroxylation sites is 2. The van der Waals surface area contributed by atoms with Crippen LogP contribution in [0, 0.1) is 29.6 Å². The molecule has 0 saturated heterocycles. The minimum absolute atomic E-state index is 0.209. The summed E-state index contributed by atoms with van der Waals surface area (Å²) in [6.45, 7) is 1.76. The lowest BCUT2D eigenvalue weighted by atomic mass is 9.97. The number of hydrogen-bond donors (Lipinski definition) is 1. The molecule has 118 valence electrons. The number of nitrogens with one attached hydrogen (secondary N) is 1. The number of aromatic amines is 1. The number of hydrogen-bond acceptors (Lipinski definition) is 3. The molecule has 0 fully saturated rings. The fraction of sp³-hybridized carbons (Fsp3) is 0.0500. The van der Waals surface area contributed by atoms with E-state index in [1.165, 1.54) is 4.40 Å². The highest BCUT2D eigenvalue weighted by atomic mass is 16.1. The number of imidazole rings is 1. The average Bonchev–Trinajstić information content (AvgIpc) is 3.02. The summed E-state index contributed by atoms with van der Waals surface area (Å²) < 4.78 is 1.54. The first-order chi connectivity index (χ1) is 12.2. The van der Waals surface area contributed by atoms with Gasteiger partial charge in [0.15, 0.2) is 0 Å². The maximum Gasteiger partial charge on any atom is 0.265 e. The highest BCUT2D eigenvalue weighted by molar-refractivity contribution is 5.85. The zero-order chi connectivity index (χ0) is 17.6. The molecule has 0 aliphatic rings. The van der Waals surface area contributed by atoms with Crippen molar-refractivity contribution in [1.29, 1.82) is 10.5 Å². The summed E-state index contributed by atoms with van der Waals surface area (Å²) in [5.41, 5.74) is 4.37. The van der Waals surface area contributed by atoms with Crippen LogP contribution in [-0.2, 0) is 0 Å². The van der Waals surface area contributed by atoms with E-state index < -0.39 is 0 Å². The van der Waals surface area contributed by atoms with Crippen LogP contribution >= 0.6 is 0 Å². The molecule has 2 aromatic heterocycles. The second-order valence-electron chi connectivity index (χ2n) is 5.81. The molecule has 0 radical (unpaired) electrons. The Kier molecular flexibility index (Phi) is 3.16. The zero-order valence-electron chi connectivity index (χ0n) is 13.4. The maximum atomic E-state index is 13.2. The molecule has 5 nitrogen and oxygen atoms in total. The van der Waals surface area contributed by atoms with Gasteiger partial charge in [-0.3, -0.25) is 9.20 Å². The summed E-state index contributed by atoms with van der Waals surface area (Å²) in [5, 5.41) is 18.8. The van der Waals surface area contributed by atoms with Gasteiger partial charge in [0.2, 0.25) is 0 Å². The monoisotopic (exact) mass is 324 g/mol. The smallest absolute Gasteiger partial charge is 0.265 e. The summed E-state index contributed by atoms with van der Waals surface area (Å²) in [6, 6.07) is 18.6. The van der Waals surface area contributed by atoms with Gasteiger partial charge in [0, 0.05) is 0 Å². The van der Waals surface area contributed by atoms with E-state index in [0.717, 1.165) is 11.0 Å². The zero-order valence-corrected chi connectivity index (χ0v) is 13.4. The number of rotatable bonds is 1. The second-order valence-corrected chi connectivity index (χ2v) is 5.81. The second kappa shape index (κ2) is 5.36. The summed E-state index contributed by atoms with van der Waals surface area (Å²) in [4.78, 5) is 16.4. The molecule has 4 aromatic rings. The Hall–Kier alpha value is -3.83. The van der Waals surface area contributed by atoms with Gasteiger partial charge in [-0.05, 0) is 42.3 Å². The summed E-state index contributed by atoms with van der Waals surface area (Å²) in [7, 11) is 0. The number of H-pyrrole nitrogens is 1. The van der Waals surface area contributed by atoms with Crippen LogP contribution in [0.25, 0.3) is 27.8 Å². The molecule has 2 aromatic carbocycles. The molecule has 0 aliphatic heterocycles. The molecule has 0 aliphatic carbocycles. The van der Waals surface area contributed by atoms with Gasteiger partial charge in [-0.1, -0.05) is 24.3 Å². The van der Waals surface area contributed by atoms with Crippen LogP contribution < -0.4 is 5.56 Å². The number of nitriles is 2. The highest BCUT2D eigenvalue weighted by Crippen LogP contribution is 2.27. The Balaban J connectivity index is 2.23. The number of pyridine rings is 1. The van der Waals surface area contributed by atoms with E-state index in [2.05, 4.69) is 17.1 Å². The van der Waals surface area contributed by atoms with Crippen molar-refractivity contribution >= 4 is 16.7 Å². The van der Waals surface area contributed by atoms with E-state index in [9.17, 15) is 10.1 Å². The van der Waals surface area contributed by atoms with Crippen LogP contribution in [0.15, 0.2) is 53.3 Å². The van der Waals surface area contributed by atoms with Gasteiger partial charge < -0.3 is 4.98 Å². The number of fused-ring (bicyclic) bond motifs is 3. The van der Waals surface area contributed by atoms with E-state index >= 15 is 0 Å². The van der Waals surface area contributed by atoms with Crippen molar-refractivity contribution in [3.05, 3.63) is 75.6 Å². The lowest BCUT2D eigenvalue weighted by Gasteiger charge is -2.09. The quantitative estimate of drug-likeness (QED) is 0.581. The molecule has 1 N–H and O–H groups in total. The molecule has 0 saturated carbocycles. The third-order valence-electron chi connectivity index (χ3n) is 4.42. The first-order valence-electron chi connectivity index (χ1n) is 7.72. The van der Waals surface area contributed by atoms with Crippen molar-refractivity contribution < 1.29 is 0 Å². The predicted octanol–water partition coefficient (Wildman–Crippen LogP) is 3.50. The van der Waals surface area contributed by atoms with Gasteiger partial charge in [-0.15, -0.1) is 0 Å². The van der Waals surface area contributed by atoms with E-state index in [4.69, 9.17) is 5.26 Å². The molecule has 0 atom stereocenters. The van der Waals surface area contributed by atoms with Crippen molar-refractivity contribution in [1.82, 2.24) is 9.38 Å². The van der Waals surface area contributed by atoms with Crippen LogP contribution in [-0.4, -0.2) is 9.38 Å². The van der Waals surface area contributed by atoms with Gasteiger partial charge >= 0.3 is 0 Å². The predicted molar refractivity (Wildman–Crippen MR) is 95.1 cm³/mol. The van der Waals surface area contributed by atoms with Crippen LogP contribution in [0.5, 0.6) is 0 Å². The molecule has 0 bridgehead atoms. The van der Waals surface area contributed by atoms with Gasteiger partial charge in [-0.25, -0.2) is 0 Å². The fourth-order valence-corrected chi connectivity index (χ4v) is 3.26. The topological polar surface area (TPSA) is 84.8 Å². The Morgan fingerprint density at radius 1 is 1.04 bits per heavy atom. The first-order valence-corrected chi connectivity index (χ1v) is 7.72. The van der Waals surface area contributed by atoms with E-state index in [-0.39, 0.29) is 5.56 Å². The number of aromatic nitrogens is 2. The highest BCUT2D eigenvalue weighted by Gasteiger charge is 2.19. The number of benzene rings is 2. The SMILES string of the molecule is Cc1c(-c2cccc(C#N)c2)c(=O)n2c([nH]c3ccccc32)c1C#N. The van der Waals surface area contributed by atoms with Gasteiger partial charge in [0.05, 0.1) is 33.8 Å². The van der Waals surface area contributed by atoms with Crippen LogP contribution in [0.3, 0.4) is 0 Å². The molecular weight excluding hydrogens is 312 g/mol. The Morgan fingerprint density at radius 3 is 2.60 bits per heavy atom. The lowest BCUT2D eigenvalue weighted by molar-refractivity contribution is 1.13. The fourth-order valence-electron chi connectivity index (χ4n) is 3.26. The molecule has 4 rings (SSSR count). The van der Waals surface area contributed by atoms with Crippen LogP contribution in [0.1, 0.15) is 16.7 Å². The molecule has 0 spiro atoms. The molecule has 0 amide bonds. The third kappa shape index (κ3) is 2.04. The third-order valence-corrected chi connectivity index (χ3v) is 4.42. The van der Waals surface area contributed by atoms with Crippen LogP contribution in [0.2, 0.25) is 0 Å². The van der Waals surface area contributed by atoms with Crippen LogP contribution in [0.4, 0.5) is 0 Å². The van der Waals surface area contributed by atoms with E-state index in [1.807, 2.05) is 24.3 Å². The molecular formula is C20H12N4O. The Bertz CT molecular complexity index is 1300. The van der Waals surface area contributed by atoms with E-state index in [0.29, 0.717) is 33.5 Å². The van der Waals surface area contributed by atoms with Crippen molar-refractivity contribution in [2.45, 2.75) is 6.92 Å². The Labute approximate surface area is 143 Å². The molecule has 0 unspecified atom stereocenters. The normalized spacial score (nSPS) is 10.7. The minimum Gasteiger partial charge on any atom is -0.338 e. The van der Waals surface area contributed by atoms with Crippen molar-refractivity contribution in [2.75, 3.05) is 0 Å². The van der Waals surface area contributed by atoms with Crippen molar-refractivity contribution in [3.63, 3.8) is 0 Å². The largest absolute Gasteiger partial charge is 0.338 e. The van der Waals surface area contributed by atoms with E-state index in [1.54, 1.807) is 31.2 Å². The molecule has 5 heteroatoms. The summed E-state index contributed by atoms with van der Waals surface area (Å²) >= 11 is 0. The standard InChI is InChI=1S/C20H12N4O/c1-12-15(11-22)19-23-16-7-2-3-8-17(16)24(19)20(25)18(12)14-6-4-5-13(9-14)10-21/h2-9,23H,1H3. The summed E-state index contributed by atoms with van der Waals surface area (Å²) in [6.07, 6.45) is 0. The lowest BCUT2D eigenvalue weighted by Crippen LogP contribution is -2.18. The van der Waals surface area contributed by atoms with Crippen molar-refractivity contribution in [2.24, 2.45) is 0 Å². The summed E-state index contributed by atoms with van der Waals surface area (Å²) in [5.74, 6) is 0. The first kappa shape index (κ1) is 14.7. The van der Waals surface area contributed by atoms with Gasteiger partial charge in [0.25, 0.3) is 5.56 Å². The average molecular weight is 324 g/mol.